The van der Waals surface area contributed by atoms with Gasteiger partial charge >= 0.3 is 0 Å². The number of rotatable bonds is 18. The molecule has 2 heteroatoms. The minimum atomic E-state index is 0.0414. The highest BCUT2D eigenvalue weighted by atomic mass is 32.1. The largest absolute Gasteiger partial charge is 0.134 e. The fourth-order valence-corrected chi connectivity index (χ4v) is 11.5. The maximum Gasteiger partial charge on any atom is 0.0449 e. The Labute approximate surface area is 341 Å². The Morgan fingerprint density at radius 3 is 1.27 bits per heavy atom. The molecule has 0 saturated carbocycles. The predicted octanol–water partition coefficient (Wildman–Crippen LogP) is 17.5. The maximum atomic E-state index is 2.63. The van der Waals surface area contributed by atoms with Gasteiger partial charge in [0.1, 0.15) is 0 Å². The van der Waals surface area contributed by atoms with Gasteiger partial charge in [0.2, 0.25) is 0 Å². The Bertz CT molecular complexity index is 2150. The molecule has 4 aromatic carbocycles. The molecule has 1 aliphatic rings. The van der Waals surface area contributed by atoms with Gasteiger partial charge in [-0.2, -0.15) is 0 Å². The number of unbranched alkanes of at least 4 members (excludes halogenated alkanes) is 10. The van der Waals surface area contributed by atoms with E-state index in [4.69, 9.17) is 0 Å². The highest BCUT2D eigenvalue weighted by Crippen LogP contribution is 2.56. The Morgan fingerprint density at radius 2 is 0.764 bits per heavy atom. The van der Waals surface area contributed by atoms with Crippen molar-refractivity contribution in [2.75, 3.05) is 0 Å². The summed E-state index contributed by atoms with van der Waals surface area (Å²) < 4.78 is 0. The average molecular weight is 763 g/mol. The normalized spacial score (nSPS) is 13.0. The van der Waals surface area contributed by atoms with Gasteiger partial charge in [0.15, 0.2) is 0 Å². The molecule has 0 N–H and O–H groups in total. The number of hydrogen-bond donors (Lipinski definition) is 0. The van der Waals surface area contributed by atoms with Crippen LogP contribution < -0.4 is 0 Å². The van der Waals surface area contributed by atoms with Gasteiger partial charge in [-0.15, -0.1) is 22.7 Å². The van der Waals surface area contributed by atoms with Gasteiger partial charge < -0.3 is 0 Å². The van der Waals surface area contributed by atoms with Crippen LogP contribution in [0.15, 0.2) is 97.1 Å². The van der Waals surface area contributed by atoms with Crippen LogP contribution in [0, 0.1) is 27.7 Å². The second-order valence-corrected chi connectivity index (χ2v) is 18.9. The van der Waals surface area contributed by atoms with E-state index in [1.807, 2.05) is 22.7 Å². The summed E-state index contributed by atoms with van der Waals surface area (Å²) in [5.41, 5.74) is 16.9. The van der Waals surface area contributed by atoms with Gasteiger partial charge in [0.05, 0.1) is 0 Å². The summed E-state index contributed by atoms with van der Waals surface area (Å²) >= 11 is 3.87. The van der Waals surface area contributed by atoms with Crippen molar-refractivity contribution in [3.05, 3.63) is 130 Å². The summed E-state index contributed by atoms with van der Waals surface area (Å²) in [6, 6.07) is 38.3. The van der Waals surface area contributed by atoms with E-state index in [0.29, 0.717) is 0 Å². The van der Waals surface area contributed by atoms with Crippen molar-refractivity contribution in [2.45, 2.75) is 137 Å². The molecule has 0 fully saturated rings. The van der Waals surface area contributed by atoms with E-state index < -0.39 is 0 Å². The van der Waals surface area contributed by atoms with Crippen LogP contribution >= 0.6 is 22.7 Å². The quantitative estimate of drug-likeness (QED) is 0.0765. The van der Waals surface area contributed by atoms with Crippen LogP contribution in [-0.4, -0.2) is 0 Å². The Hall–Kier alpha value is -3.72. The standard InChI is InChI=1S/C53H62S2/c1-7-9-11-13-15-17-27-53(28-18-16-14-12-10-8-2)47-35-41(43-31-37(3)29-38(4)32-43)19-21-45(47)46-22-20-42(36-48(46)53)49-23-25-51(54-49)52-26-24-50(55-52)44-33-39(5)30-40(6)34-44/h19-26,29-36H,7-18,27-28H2,1-6H3. The summed E-state index contributed by atoms with van der Waals surface area (Å²) in [4.78, 5) is 5.45. The van der Waals surface area contributed by atoms with Crippen LogP contribution in [0.5, 0.6) is 0 Å². The molecule has 0 aliphatic heterocycles. The molecule has 7 rings (SSSR count). The van der Waals surface area contributed by atoms with E-state index in [9.17, 15) is 0 Å². The summed E-state index contributed by atoms with van der Waals surface area (Å²) in [5.74, 6) is 0. The van der Waals surface area contributed by atoms with Gasteiger partial charge in [0, 0.05) is 24.9 Å². The van der Waals surface area contributed by atoms with Crippen molar-refractivity contribution >= 4 is 22.7 Å². The van der Waals surface area contributed by atoms with E-state index in [0.717, 1.165) is 0 Å². The second-order valence-electron chi connectivity index (χ2n) is 16.7. The Morgan fingerprint density at radius 1 is 0.364 bits per heavy atom. The number of aryl methyl sites for hydroxylation is 4. The van der Waals surface area contributed by atoms with Crippen LogP contribution in [0.4, 0.5) is 0 Å². The van der Waals surface area contributed by atoms with Crippen LogP contribution in [0.25, 0.3) is 52.9 Å². The first-order valence-electron chi connectivity index (χ1n) is 21.4. The van der Waals surface area contributed by atoms with Crippen molar-refractivity contribution in [3.63, 3.8) is 0 Å². The molecular weight excluding hydrogens is 701 g/mol. The minimum Gasteiger partial charge on any atom is -0.134 e. The smallest absolute Gasteiger partial charge is 0.0449 e. The first kappa shape index (κ1) is 39.5. The molecule has 2 aromatic heterocycles. The van der Waals surface area contributed by atoms with E-state index in [-0.39, 0.29) is 5.41 Å². The van der Waals surface area contributed by atoms with Crippen LogP contribution in [0.2, 0.25) is 0 Å². The lowest BCUT2D eigenvalue weighted by molar-refractivity contribution is 0.398. The van der Waals surface area contributed by atoms with Gasteiger partial charge in [-0.3, -0.25) is 0 Å². The molecule has 286 valence electrons. The third-order valence-corrected chi connectivity index (χ3v) is 14.5. The lowest BCUT2D eigenvalue weighted by Gasteiger charge is -2.33. The lowest BCUT2D eigenvalue weighted by atomic mass is 9.70. The summed E-state index contributed by atoms with van der Waals surface area (Å²) in [5, 5.41) is 0. The van der Waals surface area contributed by atoms with E-state index in [1.165, 1.54) is 165 Å². The van der Waals surface area contributed by atoms with E-state index >= 15 is 0 Å². The average Bonchev–Trinajstić information content (AvgIpc) is 3.92. The number of benzene rings is 4. The molecule has 0 unspecified atom stereocenters. The highest BCUT2D eigenvalue weighted by Gasteiger charge is 2.42. The van der Waals surface area contributed by atoms with E-state index in [2.05, 4.69) is 139 Å². The topological polar surface area (TPSA) is 0 Å². The molecule has 0 radical (unpaired) electrons. The third-order valence-electron chi connectivity index (χ3n) is 12.1. The summed E-state index contributed by atoms with van der Waals surface area (Å²) in [6.45, 7) is 13.5. The summed E-state index contributed by atoms with van der Waals surface area (Å²) in [7, 11) is 0. The molecule has 0 saturated heterocycles. The zero-order valence-corrected chi connectivity index (χ0v) is 36.1. The highest BCUT2D eigenvalue weighted by molar-refractivity contribution is 7.25. The molecule has 0 bridgehead atoms. The van der Waals surface area contributed by atoms with Crippen LogP contribution in [-0.2, 0) is 5.41 Å². The number of thiophene rings is 2. The monoisotopic (exact) mass is 762 g/mol. The second kappa shape index (κ2) is 18.0. The molecule has 1 aliphatic carbocycles. The number of hydrogen-bond acceptors (Lipinski definition) is 2. The van der Waals surface area contributed by atoms with Gasteiger partial charge in [-0.1, -0.05) is 174 Å². The third kappa shape index (κ3) is 8.97. The predicted molar refractivity (Wildman–Crippen MR) is 245 cm³/mol. The Balaban J connectivity index is 1.26. The SMILES string of the molecule is CCCCCCCCC1(CCCCCCCC)c2cc(-c3cc(C)cc(C)c3)ccc2-c2ccc(-c3ccc(-c4ccc(-c5cc(C)cc(C)c5)s4)s3)cc21. The molecule has 6 aromatic rings. The maximum absolute atomic E-state index is 2.63. The molecular formula is C53H62S2. The van der Waals surface area contributed by atoms with Crippen LogP contribution in [0.1, 0.15) is 137 Å². The molecule has 0 amide bonds. The lowest BCUT2D eigenvalue weighted by Crippen LogP contribution is -2.25. The van der Waals surface area contributed by atoms with Crippen LogP contribution in [0.3, 0.4) is 0 Å². The number of fused-ring (bicyclic) bond motifs is 3. The minimum absolute atomic E-state index is 0.0414. The van der Waals surface area contributed by atoms with Crippen molar-refractivity contribution in [3.8, 4) is 52.9 Å². The van der Waals surface area contributed by atoms with Crippen molar-refractivity contribution < 1.29 is 0 Å². The Kier molecular flexibility index (Phi) is 13.0. The first-order chi connectivity index (χ1) is 26.8. The van der Waals surface area contributed by atoms with Crippen molar-refractivity contribution in [1.29, 1.82) is 0 Å². The van der Waals surface area contributed by atoms with E-state index in [1.54, 1.807) is 11.1 Å². The molecule has 55 heavy (non-hydrogen) atoms. The fraction of sp³-hybridized carbons (Fsp3) is 0.396. The van der Waals surface area contributed by atoms with Gasteiger partial charge in [0.25, 0.3) is 0 Å². The van der Waals surface area contributed by atoms with Crippen molar-refractivity contribution in [2.24, 2.45) is 0 Å². The molecule has 2 heterocycles. The van der Waals surface area contributed by atoms with Gasteiger partial charge in [-0.05, 0) is 121 Å². The first-order valence-corrected chi connectivity index (χ1v) is 23.1. The fourth-order valence-electron chi connectivity index (χ4n) is 9.42. The molecule has 0 nitrogen and oxygen atoms in total. The van der Waals surface area contributed by atoms with Gasteiger partial charge in [-0.25, -0.2) is 0 Å². The summed E-state index contributed by atoms with van der Waals surface area (Å²) in [6.07, 6.45) is 18.5. The molecule has 0 atom stereocenters. The molecule has 0 spiro atoms. The van der Waals surface area contributed by atoms with Crippen molar-refractivity contribution in [1.82, 2.24) is 0 Å². The zero-order chi connectivity index (χ0) is 38.4. The zero-order valence-electron chi connectivity index (χ0n) is 34.5.